The number of sulfonamides is 1. The Hall–Kier alpha value is -1.69. The zero-order chi connectivity index (χ0) is 17.7. The molecule has 1 saturated heterocycles. The summed E-state index contributed by atoms with van der Waals surface area (Å²) in [5.74, 6) is 0.183. The van der Waals surface area contributed by atoms with Crippen molar-refractivity contribution in [2.75, 3.05) is 25.4 Å². The number of aryl methyl sites for hydroxylation is 1. The molecule has 0 saturated carbocycles. The summed E-state index contributed by atoms with van der Waals surface area (Å²) in [4.78, 5) is 2.36. The summed E-state index contributed by atoms with van der Waals surface area (Å²) in [5.41, 5.74) is 2.34. The monoisotopic (exact) mass is 358 g/mol. The van der Waals surface area contributed by atoms with Gasteiger partial charge in [-0.2, -0.15) is 4.31 Å². The predicted molar refractivity (Wildman–Crippen MR) is 102 cm³/mol. The van der Waals surface area contributed by atoms with E-state index in [1.54, 1.807) is 4.31 Å². The van der Waals surface area contributed by atoms with Crippen LogP contribution in [0.25, 0.3) is 0 Å². The van der Waals surface area contributed by atoms with Crippen molar-refractivity contribution in [3.8, 4) is 0 Å². The molecule has 2 aromatic carbocycles. The number of hydrogen-bond acceptors (Lipinski definition) is 3. The van der Waals surface area contributed by atoms with Crippen molar-refractivity contribution < 1.29 is 8.42 Å². The quantitative estimate of drug-likeness (QED) is 0.797. The first-order chi connectivity index (χ1) is 12.0. The summed E-state index contributed by atoms with van der Waals surface area (Å²) in [6.45, 7) is 4.92. The SMILES string of the molecule is CC1CN(S(=O)(=O)CCc2ccccc2)CCN1Cc1ccccc1. The highest BCUT2D eigenvalue weighted by atomic mass is 32.2. The van der Waals surface area contributed by atoms with Crippen LogP contribution in [0.4, 0.5) is 0 Å². The highest BCUT2D eigenvalue weighted by molar-refractivity contribution is 7.89. The highest BCUT2D eigenvalue weighted by Gasteiger charge is 2.30. The van der Waals surface area contributed by atoms with Crippen molar-refractivity contribution in [3.05, 3.63) is 71.8 Å². The Morgan fingerprint density at radius 1 is 0.920 bits per heavy atom. The maximum atomic E-state index is 12.7. The van der Waals surface area contributed by atoms with Crippen LogP contribution in [0, 0.1) is 0 Å². The normalized spacial score (nSPS) is 19.8. The van der Waals surface area contributed by atoms with Gasteiger partial charge in [0, 0.05) is 32.2 Å². The third kappa shape index (κ3) is 4.91. The maximum absolute atomic E-state index is 12.7. The lowest BCUT2D eigenvalue weighted by Gasteiger charge is -2.39. The first kappa shape index (κ1) is 18.1. The molecule has 0 spiro atoms. The molecule has 1 fully saturated rings. The Labute approximate surface area is 151 Å². The summed E-state index contributed by atoms with van der Waals surface area (Å²) in [6, 6.07) is 20.4. The molecule has 0 N–H and O–H groups in total. The fraction of sp³-hybridized carbons (Fsp3) is 0.400. The van der Waals surface area contributed by atoms with Crippen molar-refractivity contribution in [2.24, 2.45) is 0 Å². The number of benzene rings is 2. The number of rotatable bonds is 6. The summed E-state index contributed by atoms with van der Waals surface area (Å²) in [6.07, 6.45) is 0.571. The molecule has 1 aliphatic heterocycles. The average molecular weight is 359 g/mol. The Bertz CT molecular complexity index is 763. The van der Waals surface area contributed by atoms with E-state index in [0.29, 0.717) is 19.5 Å². The number of hydrogen-bond donors (Lipinski definition) is 0. The van der Waals surface area contributed by atoms with Gasteiger partial charge in [0.2, 0.25) is 10.0 Å². The van der Waals surface area contributed by atoms with Crippen LogP contribution in [0.5, 0.6) is 0 Å². The predicted octanol–water partition coefficient (Wildman–Crippen LogP) is 2.77. The van der Waals surface area contributed by atoms with E-state index in [1.165, 1.54) is 5.56 Å². The molecule has 0 aromatic heterocycles. The van der Waals surface area contributed by atoms with Crippen LogP contribution < -0.4 is 0 Å². The molecule has 134 valence electrons. The van der Waals surface area contributed by atoms with Gasteiger partial charge in [0.25, 0.3) is 0 Å². The van der Waals surface area contributed by atoms with E-state index in [4.69, 9.17) is 0 Å². The zero-order valence-corrected chi connectivity index (χ0v) is 15.5. The fourth-order valence-corrected chi connectivity index (χ4v) is 4.84. The lowest BCUT2D eigenvalue weighted by atomic mass is 10.1. The van der Waals surface area contributed by atoms with Crippen molar-refractivity contribution >= 4 is 10.0 Å². The minimum absolute atomic E-state index is 0.183. The van der Waals surface area contributed by atoms with Gasteiger partial charge >= 0.3 is 0 Å². The van der Waals surface area contributed by atoms with E-state index >= 15 is 0 Å². The third-order valence-corrected chi connectivity index (χ3v) is 6.68. The molecule has 2 aromatic rings. The van der Waals surface area contributed by atoms with Crippen LogP contribution >= 0.6 is 0 Å². The summed E-state index contributed by atoms with van der Waals surface area (Å²) >= 11 is 0. The molecule has 1 atom stereocenters. The largest absolute Gasteiger partial charge is 0.294 e. The number of piperazine rings is 1. The topological polar surface area (TPSA) is 40.6 Å². The molecule has 1 aliphatic rings. The van der Waals surface area contributed by atoms with Crippen LogP contribution in [0.1, 0.15) is 18.1 Å². The van der Waals surface area contributed by atoms with E-state index in [-0.39, 0.29) is 11.8 Å². The summed E-state index contributed by atoms with van der Waals surface area (Å²) < 4.78 is 27.0. The van der Waals surface area contributed by atoms with Crippen molar-refractivity contribution in [3.63, 3.8) is 0 Å². The van der Waals surface area contributed by atoms with E-state index < -0.39 is 10.0 Å². The molecule has 0 radical (unpaired) electrons. The van der Waals surface area contributed by atoms with Crippen molar-refractivity contribution in [2.45, 2.75) is 25.9 Å². The lowest BCUT2D eigenvalue weighted by Crippen LogP contribution is -2.53. The molecule has 25 heavy (non-hydrogen) atoms. The third-order valence-electron chi connectivity index (χ3n) is 4.84. The molecule has 0 aliphatic carbocycles. The van der Waals surface area contributed by atoms with Gasteiger partial charge in [-0.05, 0) is 24.5 Å². The fourth-order valence-electron chi connectivity index (χ4n) is 3.29. The highest BCUT2D eigenvalue weighted by Crippen LogP contribution is 2.17. The van der Waals surface area contributed by atoms with Crippen molar-refractivity contribution in [1.29, 1.82) is 0 Å². The van der Waals surface area contributed by atoms with Crippen LogP contribution in [0.2, 0.25) is 0 Å². The van der Waals surface area contributed by atoms with Gasteiger partial charge in [-0.1, -0.05) is 60.7 Å². The molecule has 5 heteroatoms. The van der Waals surface area contributed by atoms with Crippen LogP contribution in [0.3, 0.4) is 0 Å². The maximum Gasteiger partial charge on any atom is 0.214 e. The van der Waals surface area contributed by atoms with E-state index in [2.05, 4.69) is 24.0 Å². The lowest BCUT2D eigenvalue weighted by molar-refractivity contribution is 0.122. The Morgan fingerprint density at radius 2 is 1.52 bits per heavy atom. The van der Waals surface area contributed by atoms with Gasteiger partial charge < -0.3 is 0 Å². The van der Waals surface area contributed by atoms with Crippen LogP contribution in [-0.4, -0.2) is 49.1 Å². The standard InChI is InChI=1S/C20H26N2O2S/c1-18-16-22(14-13-21(18)17-20-10-6-3-7-11-20)25(23,24)15-12-19-8-4-2-5-9-19/h2-11,18H,12-17H2,1H3. The molecular weight excluding hydrogens is 332 g/mol. The molecule has 3 rings (SSSR count). The van der Waals surface area contributed by atoms with Gasteiger partial charge in [0.15, 0.2) is 0 Å². The van der Waals surface area contributed by atoms with Gasteiger partial charge in [0.1, 0.15) is 0 Å². The second-order valence-corrected chi connectivity index (χ2v) is 8.80. The van der Waals surface area contributed by atoms with Crippen LogP contribution in [-0.2, 0) is 23.0 Å². The first-order valence-electron chi connectivity index (χ1n) is 8.84. The van der Waals surface area contributed by atoms with Gasteiger partial charge in [0.05, 0.1) is 5.75 Å². The average Bonchev–Trinajstić information content (AvgIpc) is 2.63. The van der Waals surface area contributed by atoms with Crippen LogP contribution in [0.15, 0.2) is 60.7 Å². The first-order valence-corrected chi connectivity index (χ1v) is 10.5. The van der Waals surface area contributed by atoms with Crippen molar-refractivity contribution in [1.82, 2.24) is 9.21 Å². The Morgan fingerprint density at radius 3 is 2.12 bits per heavy atom. The molecule has 0 amide bonds. The molecule has 1 heterocycles. The summed E-state index contributed by atoms with van der Waals surface area (Å²) in [5, 5.41) is 0. The second-order valence-electron chi connectivity index (χ2n) is 6.71. The Balaban J connectivity index is 1.56. The smallest absolute Gasteiger partial charge is 0.214 e. The van der Waals surface area contributed by atoms with E-state index in [0.717, 1.165) is 18.7 Å². The Kier molecular flexibility index (Phi) is 5.89. The van der Waals surface area contributed by atoms with E-state index in [1.807, 2.05) is 48.5 Å². The van der Waals surface area contributed by atoms with E-state index in [9.17, 15) is 8.42 Å². The second kappa shape index (κ2) is 8.13. The van der Waals surface area contributed by atoms with Gasteiger partial charge in [-0.3, -0.25) is 4.90 Å². The van der Waals surface area contributed by atoms with Gasteiger partial charge in [-0.15, -0.1) is 0 Å². The zero-order valence-electron chi connectivity index (χ0n) is 14.7. The molecular formula is C20H26N2O2S. The summed E-state index contributed by atoms with van der Waals surface area (Å²) in [7, 11) is -3.20. The minimum Gasteiger partial charge on any atom is -0.294 e. The molecule has 1 unspecified atom stereocenters. The molecule has 0 bridgehead atoms. The molecule has 4 nitrogen and oxygen atoms in total. The minimum atomic E-state index is -3.20. The van der Waals surface area contributed by atoms with Gasteiger partial charge in [-0.25, -0.2) is 8.42 Å². The number of nitrogens with zero attached hydrogens (tertiary/aromatic N) is 2.